The number of carbonyl (C=O) groups is 2. The predicted octanol–water partition coefficient (Wildman–Crippen LogP) is 3.68. The van der Waals surface area contributed by atoms with Gasteiger partial charge in [-0.2, -0.15) is 0 Å². The first kappa shape index (κ1) is 17.3. The fourth-order valence-corrected chi connectivity index (χ4v) is 3.11. The van der Waals surface area contributed by atoms with Gasteiger partial charge < -0.3 is 9.84 Å². The van der Waals surface area contributed by atoms with Crippen LogP contribution in [0, 0.1) is 5.92 Å². The minimum absolute atomic E-state index is 0.153. The van der Waals surface area contributed by atoms with E-state index in [1.54, 1.807) is 0 Å². The van der Waals surface area contributed by atoms with Gasteiger partial charge in [0.1, 0.15) is 12.6 Å². The molecule has 0 heterocycles. The Balaban J connectivity index is 1.89. The molecule has 1 unspecified atom stereocenters. The molecule has 0 radical (unpaired) electrons. The highest BCUT2D eigenvalue weighted by Crippen LogP contribution is 2.28. The molecule has 1 amide bonds. The topological polar surface area (TPSA) is 66.8 Å². The maximum atomic E-state index is 12.1. The van der Waals surface area contributed by atoms with Crippen molar-refractivity contribution >= 4 is 12.1 Å². The number of benzene rings is 1. The van der Waals surface area contributed by atoms with Crippen molar-refractivity contribution in [2.75, 3.05) is 7.05 Å². The van der Waals surface area contributed by atoms with Gasteiger partial charge in [0.05, 0.1) is 0 Å². The summed E-state index contributed by atoms with van der Waals surface area (Å²) < 4.78 is 5.23. The lowest BCUT2D eigenvalue weighted by Crippen LogP contribution is -2.44. The quantitative estimate of drug-likeness (QED) is 0.868. The van der Waals surface area contributed by atoms with Crippen molar-refractivity contribution in [3.63, 3.8) is 0 Å². The first-order valence-electron chi connectivity index (χ1n) is 8.24. The summed E-state index contributed by atoms with van der Waals surface area (Å²) in [6.45, 7) is 0.153. The molecule has 5 heteroatoms. The van der Waals surface area contributed by atoms with Gasteiger partial charge in [-0.15, -0.1) is 0 Å². The molecule has 5 nitrogen and oxygen atoms in total. The number of carboxylic acids is 1. The van der Waals surface area contributed by atoms with E-state index in [2.05, 4.69) is 0 Å². The molecule has 1 aliphatic carbocycles. The molecule has 1 atom stereocenters. The maximum Gasteiger partial charge on any atom is 0.410 e. The molecule has 1 aromatic carbocycles. The second-order valence-electron chi connectivity index (χ2n) is 6.24. The summed E-state index contributed by atoms with van der Waals surface area (Å²) in [5.74, 6) is -0.580. The number of nitrogens with zero attached hydrogens (tertiary/aromatic N) is 1. The second kappa shape index (κ2) is 8.56. The minimum Gasteiger partial charge on any atom is -0.480 e. The third-order valence-corrected chi connectivity index (χ3v) is 4.53. The summed E-state index contributed by atoms with van der Waals surface area (Å²) in [6, 6.07) is 8.54. The number of carboxylic acid groups (broad SMARTS) is 1. The van der Waals surface area contributed by atoms with E-state index in [4.69, 9.17) is 4.74 Å². The Morgan fingerprint density at radius 3 is 2.48 bits per heavy atom. The van der Waals surface area contributed by atoms with Gasteiger partial charge in [0.25, 0.3) is 0 Å². The van der Waals surface area contributed by atoms with Crippen molar-refractivity contribution in [3.8, 4) is 0 Å². The van der Waals surface area contributed by atoms with Crippen LogP contribution >= 0.6 is 0 Å². The van der Waals surface area contributed by atoms with E-state index in [0.29, 0.717) is 12.3 Å². The maximum absolute atomic E-state index is 12.1. The van der Waals surface area contributed by atoms with Crippen molar-refractivity contribution in [2.24, 2.45) is 5.92 Å². The summed E-state index contributed by atoms with van der Waals surface area (Å²) >= 11 is 0. The van der Waals surface area contributed by atoms with Gasteiger partial charge >= 0.3 is 12.1 Å². The van der Waals surface area contributed by atoms with Gasteiger partial charge in [0.2, 0.25) is 0 Å². The molecule has 0 bridgehead atoms. The normalized spacial score (nSPS) is 16.6. The molecular formula is C18H25NO4. The van der Waals surface area contributed by atoms with Gasteiger partial charge in [0.15, 0.2) is 0 Å². The molecule has 1 aromatic rings. The molecule has 1 fully saturated rings. The Morgan fingerprint density at radius 2 is 1.87 bits per heavy atom. The number of likely N-dealkylation sites (N-methyl/N-ethyl adjacent to an activating group) is 1. The lowest BCUT2D eigenvalue weighted by Gasteiger charge is -2.29. The van der Waals surface area contributed by atoms with E-state index in [9.17, 15) is 14.7 Å². The van der Waals surface area contributed by atoms with E-state index in [1.165, 1.54) is 18.4 Å². The lowest BCUT2D eigenvalue weighted by molar-refractivity contribution is -0.143. The van der Waals surface area contributed by atoms with Crippen LogP contribution in [0.3, 0.4) is 0 Å². The van der Waals surface area contributed by atoms with Crippen LogP contribution in [0.25, 0.3) is 0 Å². The average molecular weight is 319 g/mol. The first-order valence-corrected chi connectivity index (χ1v) is 8.24. The number of hydrogen-bond donors (Lipinski definition) is 1. The smallest absolute Gasteiger partial charge is 0.410 e. The summed E-state index contributed by atoms with van der Waals surface area (Å²) in [5.41, 5.74) is 0.883. The molecule has 1 aliphatic rings. The largest absolute Gasteiger partial charge is 0.480 e. The zero-order chi connectivity index (χ0) is 16.7. The summed E-state index contributed by atoms with van der Waals surface area (Å²) in [7, 11) is 1.51. The van der Waals surface area contributed by atoms with Gasteiger partial charge in [-0.25, -0.2) is 9.59 Å². The number of aliphatic carboxylic acids is 1. The first-order chi connectivity index (χ1) is 11.1. The molecule has 2 rings (SSSR count). The predicted molar refractivity (Wildman–Crippen MR) is 87.0 cm³/mol. The van der Waals surface area contributed by atoms with E-state index in [0.717, 1.165) is 31.2 Å². The second-order valence-corrected chi connectivity index (χ2v) is 6.24. The Bertz CT molecular complexity index is 511. The highest BCUT2D eigenvalue weighted by atomic mass is 16.6. The lowest BCUT2D eigenvalue weighted by atomic mass is 9.84. The van der Waals surface area contributed by atoms with Crippen LogP contribution in [0.1, 0.15) is 44.1 Å². The van der Waals surface area contributed by atoms with E-state index >= 15 is 0 Å². The monoisotopic (exact) mass is 319 g/mol. The molecule has 0 saturated heterocycles. The van der Waals surface area contributed by atoms with Crippen LogP contribution in [0.2, 0.25) is 0 Å². The van der Waals surface area contributed by atoms with Crippen LogP contribution in [0.4, 0.5) is 4.79 Å². The van der Waals surface area contributed by atoms with Crippen LogP contribution in [-0.2, 0) is 16.1 Å². The zero-order valence-corrected chi connectivity index (χ0v) is 13.6. The third kappa shape index (κ3) is 5.27. The molecule has 1 N–H and O–H groups in total. The van der Waals surface area contributed by atoms with E-state index in [1.807, 2.05) is 30.3 Å². The van der Waals surface area contributed by atoms with Crippen molar-refractivity contribution in [1.29, 1.82) is 0 Å². The Hall–Kier alpha value is -2.04. The van der Waals surface area contributed by atoms with E-state index < -0.39 is 18.1 Å². The standard InChI is InChI=1S/C18H25NO4/c1-19(18(22)23-13-15-10-6-3-7-11-15)16(17(20)21)12-14-8-4-2-5-9-14/h3,6-7,10-11,14,16H,2,4-5,8-9,12-13H2,1H3,(H,20,21). The van der Waals surface area contributed by atoms with E-state index in [-0.39, 0.29) is 6.61 Å². The Morgan fingerprint density at radius 1 is 1.22 bits per heavy atom. The summed E-state index contributed by atoms with van der Waals surface area (Å²) in [6.07, 6.45) is 5.55. The summed E-state index contributed by atoms with van der Waals surface area (Å²) in [4.78, 5) is 24.9. The molecule has 1 saturated carbocycles. The number of rotatable bonds is 6. The third-order valence-electron chi connectivity index (χ3n) is 4.53. The zero-order valence-electron chi connectivity index (χ0n) is 13.6. The van der Waals surface area contributed by atoms with Crippen LogP contribution in [0.15, 0.2) is 30.3 Å². The molecule has 0 aliphatic heterocycles. The van der Waals surface area contributed by atoms with Gasteiger partial charge in [-0.3, -0.25) is 4.90 Å². The average Bonchev–Trinajstić information content (AvgIpc) is 2.58. The highest BCUT2D eigenvalue weighted by Gasteiger charge is 2.30. The number of hydrogen-bond acceptors (Lipinski definition) is 3. The fourth-order valence-electron chi connectivity index (χ4n) is 3.11. The van der Waals surface area contributed by atoms with Gasteiger partial charge in [-0.1, -0.05) is 62.4 Å². The summed E-state index contributed by atoms with van der Waals surface area (Å²) in [5, 5.41) is 9.46. The van der Waals surface area contributed by atoms with Gasteiger partial charge in [0, 0.05) is 7.05 Å². The van der Waals surface area contributed by atoms with Crippen molar-refractivity contribution in [1.82, 2.24) is 4.90 Å². The van der Waals surface area contributed by atoms with Crippen LogP contribution < -0.4 is 0 Å². The number of carbonyl (C=O) groups excluding carboxylic acids is 1. The fraction of sp³-hybridized carbons (Fsp3) is 0.556. The molecule has 0 aromatic heterocycles. The van der Waals surface area contributed by atoms with Gasteiger partial charge in [-0.05, 0) is 17.9 Å². The van der Waals surface area contributed by atoms with Crippen molar-refractivity contribution in [3.05, 3.63) is 35.9 Å². The number of amides is 1. The van der Waals surface area contributed by atoms with Crippen molar-refractivity contribution in [2.45, 2.75) is 51.2 Å². The Kier molecular flexibility index (Phi) is 6.44. The molecular weight excluding hydrogens is 294 g/mol. The molecule has 23 heavy (non-hydrogen) atoms. The van der Waals surface area contributed by atoms with Crippen LogP contribution in [0.5, 0.6) is 0 Å². The Labute approximate surface area is 137 Å². The molecule has 0 spiro atoms. The van der Waals surface area contributed by atoms with Crippen molar-refractivity contribution < 1.29 is 19.4 Å². The number of ether oxygens (including phenoxy) is 1. The highest BCUT2D eigenvalue weighted by molar-refractivity contribution is 5.79. The SMILES string of the molecule is CN(C(=O)OCc1ccccc1)C(CC1CCCCC1)C(=O)O. The minimum atomic E-state index is -0.963. The van der Waals surface area contributed by atoms with Crippen LogP contribution in [-0.4, -0.2) is 35.2 Å². The molecule has 126 valence electrons.